The maximum Gasteiger partial charge on any atom is 0.384 e. The zero-order chi connectivity index (χ0) is 12.0. The summed E-state index contributed by atoms with van der Waals surface area (Å²) in [7, 11) is 4.37. The summed E-state index contributed by atoms with van der Waals surface area (Å²) in [6.45, 7) is 0. The Bertz CT molecular complexity index is 440. The summed E-state index contributed by atoms with van der Waals surface area (Å²) in [6.07, 6.45) is 0. The minimum absolute atomic E-state index is 0.576. The topological polar surface area (TPSA) is 44.8 Å². The second-order valence-electron chi connectivity index (χ2n) is 2.81. The van der Waals surface area contributed by atoms with Crippen LogP contribution in [0.1, 0.15) is 5.56 Å². The van der Waals surface area contributed by atoms with Crippen molar-refractivity contribution in [1.29, 1.82) is 0 Å². The smallest absolute Gasteiger partial charge is 0.384 e. The molecule has 0 aromatic heterocycles. The van der Waals surface area contributed by atoms with E-state index in [-0.39, 0.29) is 0 Å². The second-order valence-corrected chi connectivity index (χ2v) is 2.81. The molecule has 0 aliphatic carbocycles. The van der Waals surface area contributed by atoms with Crippen LogP contribution in [0.4, 0.5) is 0 Å². The van der Waals surface area contributed by atoms with E-state index in [2.05, 4.69) is 16.6 Å². The molecule has 0 spiro atoms. The Balaban J connectivity index is 3.07. The van der Waals surface area contributed by atoms with E-state index in [0.717, 1.165) is 0 Å². The zero-order valence-electron chi connectivity index (χ0n) is 9.37. The van der Waals surface area contributed by atoms with Gasteiger partial charge in [0.2, 0.25) is 0 Å². The number of ether oxygens (including phenoxy) is 3. The van der Waals surface area contributed by atoms with E-state index in [9.17, 15) is 4.79 Å². The van der Waals surface area contributed by atoms with E-state index >= 15 is 0 Å². The Morgan fingerprint density at radius 1 is 1.19 bits per heavy atom. The van der Waals surface area contributed by atoms with Crippen LogP contribution in [0.3, 0.4) is 0 Å². The van der Waals surface area contributed by atoms with E-state index in [1.165, 1.54) is 14.2 Å². The number of esters is 1. The summed E-state index contributed by atoms with van der Waals surface area (Å²) in [6, 6.07) is 5.16. The third-order valence-corrected chi connectivity index (χ3v) is 1.89. The molecule has 16 heavy (non-hydrogen) atoms. The van der Waals surface area contributed by atoms with Gasteiger partial charge in [-0.1, -0.05) is 5.92 Å². The molecule has 0 fully saturated rings. The summed E-state index contributed by atoms with van der Waals surface area (Å²) in [5.74, 6) is 5.62. The number of hydrogen-bond acceptors (Lipinski definition) is 4. The van der Waals surface area contributed by atoms with Crippen LogP contribution >= 0.6 is 0 Å². The van der Waals surface area contributed by atoms with E-state index in [4.69, 9.17) is 9.47 Å². The zero-order valence-corrected chi connectivity index (χ0v) is 9.37. The first-order valence-corrected chi connectivity index (χ1v) is 4.53. The molecular weight excluding hydrogens is 208 g/mol. The number of methoxy groups -OCH3 is 3. The summed E-state index contributed by atoms with van der Waals surface area (Å²) in [4.78, 5) is 10.9. The first-order valence-electron chi connectivity index (χ1n) is 4.53. The standard InChI is InChI=1S/C12H12O4/c1-14-10-5-6-11(15-2)9(8-10)4-7-12(13)16-3/h5-6,8H,1-3H3. The SMILES string of the molecule is COC(=O)C#Cc1cc(OC)ccc1OC. The first-order chi connectivity index (χ1) is 7.71. The van der Waals surface area contributed by atoms with Crippen molar-refractivity contribution in [2.75, 3.05) is 21.3 Å². The molecule has 1 aromatic carbocycles. The molecule has 0 saturated heterocycles. The lowest BCUT2D eigenvalue weighted by Gasteiger charge is -2.05. The third kappa shape index (κ3) is 2.92. The van der Waals surface area contributed by atoms with Gasteiger partial charge in [-0.3, -0.25) is 0 Å². The fourth-order valence-corrected chi connectivity index (χ4v) is 1.08. The molecule has 4 nitrogen and oxygen atoms in total. The monoisotopic (exact) mass is 220 g/mol. The van der Waals surface area contributed by atoms with Crippen molar-refractivity contribution in [2.24, 2.45) is 0 Å². The van der Waals surface area contributed by atoms with Crippen molar-refractivity contribution in [3.05, 3.63) is 23.8 Å². The fourth-order valence-electron chi connectivity index (χ4n) is 1.08. The molecule has 0 aliphatic heterocycles. The summed E-state index contributed by atoms with van der Waals surface area (Å²) >= 11 is 0. The average molecular weight is 220 g/mol. The van der Waals surface area contributed by atoms with Crippen LogP contribution in [0.15, 0.2) is 18.2 Å². The molecule has 0 amide bonds. The number of hydrogen-bond donors (Lipinski definition) is 0. The molecule has 0 unspecified atom stereocenters. The predicted octanol–water partition coefficient (Wildman–Crippen LogP) is 1.23. The van der Waals surface area contributed by atoms with Gasteiger partial charge in [0.05, 0.1) is 26.9 Å². The lowest BCUT2D eigenvalue weighted by molar-refractivity contribution is -0.133. The van der Waals surface area contributed by atoms with Crippen molar-refractivity contribution in [3.8, 4) is 23.3 Å². The Morgan fingerprint density at radius 3 is 2.50 bits per heavy atom. The lowest BCUT2D eigenvalue weighted by Crippen LogP contribution is -1.95. The molecule has 0 N–H and O–H groups in total. The van der Waals surface area contributed by atoms with Gasteiger partial charge in [-0.15, -0.1) is 0 Å². The van der Waals surface area contributed by atoms with Crippen molar-refractivity contribution in [3.63, 3.8) is 0 Å². The Morgan fingerprint density at radius 2 is 1.94 bits per heavy atom. The quantitative estimate of drug-likeness (QED) is 0.555. The highest BCUT2D eigenvalue weighted by Crippen LogP contribution is 2.22. The Hall–Kier alpha value is -2.15. The summed E-state index contributed by atoms with van der Waals surface area (Å²) < 4.78 is 14.6. The van der Waals surface area contributed by atoms with Crippen LogP contribution in [-0.2, 0) is 9.53 Å². The molecule has 4 heteroatoms. The molecule has 0 atom stereocenters. The largest absolute Gasteiger partial charge is 0.497 e. The van der Waals surface area contributed by atoms with Crippen molar-refractivity contribution >= 4 is 5.97 Å². The molecule has 1 aromatic rings. The number of carbonyl (C=O) groups excluding carboxylic acids is 1. The average Bonchev–Trinajstić information content (AvgIpc) is 2.35. The molecule has 0 radical (unpaired) electrons. The van der Waals surface area contributed by atoms with Gasteiger partial charge in [-0.2, -0.15) is 0 Å². The normalized spacial score (nSPS) is 8.69. The van der Waals surface area contributed by atoms with Crippen molar-refractivity contribution in [1.82, 2.24) is 0 Å². The van der Waals surface area contributed by atoms with E-state index < -0.39 is 5.97 Å². The van der Waals surface area contributed by atoms with Gasteiger partial charge in [0.15, 0.2) is 0 Å². The number of benzene rings is 1. The van der Waals surface area contributed by atoms with E-state index in [1.54, 1.807) is 25.3 Å². The van der Waals surface area contributed by atoms with Crippen LogP contribution in [-0.4, -0.2) is 27.3 Å². The maximum atomic E-state index is 10.9. The van der Waals surface area contributed by atoms with Gasteiger partial charge in [0.1, 0.15) is 11.5 Å². The molecular formula is C12H12O4. The Labute approximate surface area is 94.1 Å². The maximum absolute atomic E-state index is 10.9. The van der Waals surface area contributed by atoms with E-state index in [0.29, 0.717) is 17.1 Å². The first kappa shape index (κ1) is 11.9. The summed E-state index contributed by atoms with van der Waals surface area (Å²) in [5, 5.41) is 0. The van der Waals surface area contributed by atoms with Crippen molar-refractivity contribution in [2.45, 2.75) is 0 Å². The predicted molar refractivity (Wildman–Crippen MR) is 58.4 cm³/mol. The minimum Gasteiger partial charge on any atom is -0.497 e. The van der Waals surface area contributed by atoms with Crippen LogP contribution < -0.4 is 9.47 Å². The summed E-state index contributed by atoms with van der Waals surface area (Å²) in [5.41, 5.74) is 0.576. The highest BCUT2D eigenvalue weighted by molar-refractivity contribution is 5.89. The van der Waals surface area contributed by atoms with Crippen molar-refractivity contribution < 1.29 is 19.0 Å². The van der Waals surface area contributed by atoms with Crippen LogP contribution in [0.2, 0.25) is 0 Å². The molecule has 84 valence electrons. The molecule has 0 heterocycles. The van der Waals surface area contributed by atoms with Crippen LogP contribution in [0.5, 0.6) is 11.5 Å². The molecule has 0 aliphatic rings. The molecule has 1 rings (SSSR count). The van der Waals surface area contributed by atoms with Gasteiger partial charge in [0, 0.05) is 5.92 Å². The second kappa shape index (κ2) is 5.66. The van der Waals surface area contributed by atoms with Gasteiger partial charge >= 0.3 is 5.97 Å². The number of rotatable bonds is 2. The third-order valence-electron chi connectivity index (χ3n) is 1.89. The van der Waals surface area contributed by atoms with Crippen LogP contribution in [0.25, 0.3) is 0 Å². The fraction of sp³-hybridized carbons (Fsp3) is 0.250. The minimum atomic E-state index is -0.593. The molecule has 0 bridgehead atoms. The lowest BCUT2D eigenvalue weighted by atomic mass is 10.2. The van der Waals surface area contributed by atoms with Gasteiger partial charge < -0.3 is 14.2 Å². The van der Waals surface area contributed by atoms with Gasteiger partial charge in [0.25, 0.3) is 0 Å². The van der Waals surface area contributed by atoms with Gasteiger partial charge in [-0.25, -0.2) is 4.79 Å². The highest BCUT2D eigenvalue weighted by Gasteiger charge is 2.02. The Kier molecular flexibility index (Phi) is 4.22. The van der Waals surface area contributed by atoms with Gasteiger partial charge in [-0.05, 0) is 18.2 Å². The van der Waals surface area contributed by atoms with Crippen LogP contribution in [0, 0.1) is 11.8 Å². The highest BCUT2D eigenvalue weighted by atomic mass is 16.5. The number of carbonyl (C=O) groups is 1. The van der Waals surface area contributed by atoms with E-state index in [1.807, 2.05) is 0 Å². The molecule has 0 saturated carbocycles.